The summed E-state index contributed by atoms with van der Waals surface area (Å²) in [4.78, 5) is 39.2. The van der Waals surface area contributed by atoms with Gasteiger partial charge >= 0.3 is 0 Å². The SMILES string of the molecule is [2H]c1c([2H])c([2H])c2c(c1[2H])CC([2H])([2H])N(C([2H])([2H])[2H])C(=O)[C@@]2([2H])NC(=O)[C@]([2H])(C)NC(=O)[C@@H](O)C([2H])(C([2H])([2H])[2H])C([2H])([2H])[2H]. The van der Waals surface area contributed by atoms with Crippen molar-refractivity contribution < 1.29 is 44.2 Å². The highest BCUT2D eigenvalue weighted by Crippen LogP contribution is 2.24. The van der Waals surface area contributed by atoms with Gasteiger partial charge in [0.15, 0.2) is 0 Å². The van der Waals surface area contributed by atoms with Crippen molar-refractivity contribution in [3.63, 3.8) is 0 Å². The second-order valence-corrected chi connectivity index (χ2v) is 5.09. The minimum atomic E-state index is -3.88. The van der Waals surface area contributed by atoms with Crippen LogP contribution in [0.1, 0.15) is 62.4 Å². The molecular weight excluding hydrogens is 334 g/mol. The van der Waals surface area contributed by atoms with Crippen LogP contribution in [0.15, 0.2) is 24.2 Å². The number of hydrogen-bond acceptors (Lipinski definition) is 4. The molecule has 0 radical (unpaired) electrons. The molecule has 7 nitrogen and oxygen atoms in total. The van der Waals surface area contributed by atoms with E-state index in [2.05, 4.69) is 0 Å². The van der Waals surface area contributed by atoms with Crippen molar-refractivity contribution in [3.8, 4) is 0 Å². The fourth-order valence-corrected chi connectivity index (χ4v) is 1.90. The molecule has 0 spiro atoms. The normalized spacial score (nSPS) is 37.3. The van der Waals surface area contributed by atoms with E-state index in [4.69, 9.17) is 24.7 Å². The Morgan fingerprint density at radius 1 is 1.46 bits per heavy atom. The number of likely N-dealkylation sites (N-methyl/N-ethyl adjacent to an activating group) is 1. The van der Waals surface area contributed by atoms with Crippen molar-refractivity contribution in [1.29, 1.82) is 0 Å². The zero-order valence-corrected chi connectivity index (χ0v) is 13.4. The molecule has 1 aliphatic rings. The molecule has 0 aromatic heterocycles. The van der Waals surface area contributed by atoms with Gasteiger partial charge in [-0.2, -0.15) is 0 Å². The van der Waals surface area contributed by atoms with Gasteiger partial charge in [-0.1, -0.05) is 37.9 Å². The van der Waals surface area contributed by atoms with E-state index in [0.717, 1.165) is 0 Å². The van der Waals surface area contributed by atoms with Crippen LogP contribution >= 0.6 is 0 Å². The van der Waals surface area contributed by atoms with Gasteiger partial charge in [-0.05, 0) is 30.4 Å². The maximum absolute atomic E-state index is 13.6. The first-order chi connectivity index (χ1) is 19.3. The molecule has 1 aromatic carbocycles. The second-order valence-electron chi connectivity index (χ2n) is 5.09. The van der Waals surface area contributed by atoms with Crippen molar-refractivity contribution in [3.05, 3.63) is 35.3 Å². The lowest BCUT2D eigenvalue weighted by molar-refractivity contribution is -0.137. The summed E-state index contributed by atoms with van der Waals surface area (Å²) in [5.74, 6) is -9.92. The molecule has 2 rings (SSSR count). The number of amides is 3. The molecule has 0 aliphatic carbocycles. The Labute approximate surface area is 179 Å². The smallest absolute Gasteiger partial charge is 0.249 e. The molecular formula is C19H27N3O4. The van der Waals surface area contributed by atoms with Crippen LogP contribution in [0.25, 0.3) is 0 Å². The van der Waals surface area contributed by atoms with Crippen LogP contribution in [0.4, 0.5) is 0 Å². The summed E-state index contributed by atoms with van der Waals surface area (Å²) in [6, 6.07) is -11.0. The average Bonchev–Trinajstić information content (AvgIpc) is 2.88. The summed E-state index contributed by atoms with van der Waals surface area (Å²) >= 11 is 0. The predicted molar refractivity (Wildman–Crippen MR) is 97.1 cm³/mol. The lowest BCUT2D eigenvalue weighted by Gasteiger charge is -2.24. The zero-order chi connectivity index (χ0) is 35.0. The van der Waals surface area contributed by atoms with Gasteiger partial charge in [0.05, 0.1) is 8.22 Å². The summed E-state index contributed by atoms with van der Waals surface area (Å²) in [6.07, 6.45) is -4.42. The Hall–Kier alpha value is -2.41. The topological polar surface area (TPSA) is 98.7 Å². The average molecular weight is 380 g/mol. The Balaban J connectivity index is 2.72. The van der Waals surface area contributed by atoms with Gasteiger partial charge in [0, 0.05) is 29.9 Å². The number of aliphatic hydroxyl groups is 1. The summed E-state index contributed by atoms with van der Waals surface area (Å²) in [7, 11) is 0. The Bertz CT molecular complexity index is 1360. The van der Waals surface area contributed by atoms with E-state index in [0.29, 0.717) is 6.92 Å². The molecule has 3 atom stereocenters. The zero-order valence-electron chi connectivity index (χ0n) is 31.4. The molecule has 1 aliphatic heterocycles. The predicted octanol–water partition coefficient (Wildman–Crippen LogP) is 0.380. The highest BCUT2D eigenvalue weighted by Gasteiger charge is 2.32. The minimum Gasteiger partial charge on any atom is -0.383 e. The summed E-state index contributed by atoms with van der Waals surface area (Å²) in [5, 5.41) is 13.4. The van der Waals surface area contributed by atoms with Gasteiger partial charge in [-0.25, -0.2) is 0 Å². The second kappa shape index (κ2) is 8.31. The van der Waals surface area contributed by atoms with Gasteiger partial charge in [0.2, 0.25) is 17.7 Å². The van der Waals surface area contributed by atoms with Gasteiger partial charge in [-0.3, -0.25) is 14.4 Å². The lowest BCUT2D eigenvalue weighted by atomic mass is 9.99. The van der Waals surface area contributed by atoms with Crippen molar-refractivity contribution >= 4 is 17.7 Å². The fourth-order valence-electron chi connectivity index (χ4n) is 1.90. The van der Waals surface area contributed by atoms with E-state index < -0.39 is 116 Å². The third-order valence-corrected chi connectivity index (χ3v) is 3.26. The first-order valence-electron chi connectivity index (χ1n) is 16.1. The van der Waals surface area contributed by atoms with Crippen LogP contribution in [0.5, 0.6) is 0 Å². The van der Waals surface area contributed by atoms with Gasteiger partial charge in [0.25, 0.3) is 0 Å². The number of hydrogen-bond donors (Lipinski definition) is 3. The van der Waals surface area contributed by atoms with Crippen molar-refractivity contribution in [1.82, 2.24) is 15.5 Å². The molecule has 142 valence electrons. The molecule has 3 N–H and O–H groups in total. The molecule has 0 fully saturated rings. The number of carbonyl (C=O) groups excluding carboxylic acids is 3. The summed E-state index contributed by atoms with van der Waals surface area (Å²) < 4.78 is 141. The quantitative estimate of drug-likeness (QED) is 0.689. The summed E-state index contributed by atoms with van der Waals surface area (Å²) in [5.41, 5.74) is -1.87. The number of rotatable bonds is 5. The number of carbonyl (C=O) groups is 3. The Morgan fingerprint density at radius 2 is 2.19 bits per heavy atom. The molecule has 0 bridgehead atoms. The molecule has 7 heteroatoms. The van der Waals surface area contributed by atoms with Gasteiger partial charge in [0.1, 0.15) is 18.1 Å². The first-order valence-corrected chi connectivity index (χ1v) is 7.08. The lowest BCUT2D eigenvalue weighted by Crippen LogP contribution is -2.51. The third kappa shape index (κ3) is 4.40. The van der Waals surface area contributed by atoms with E-state index in [9.17, 15) is 19.5 Å². The summed E-state index contributed by atoms with van der Waals surface area (Å²) in [6.45, 7) is -14.0. The highest BCUT2D eigenvalue weighted by atomic mass is 16.3. The van der Waals surface area contributed by atoms with Crippen LogP contribution in [0, 0.1) is 5.89 Å². The van der Waals surface area contributed by atoms with Crippen LogP contribution in [-0.2, 0) is 20.8 Å². The van der Waals surface area contributed by atoms with Crippen molar-refractivity contribution in [2.45, 2.75) is 45.2 Å². The Morgan fingerprint density at radius 3 is 2.88 bits per heavy atom. The van der Waals surface area contributed by atoms with Crippen LogP contribution in [-0.4, -0.2) is 53.3 Å². The number of benzene rings is 1. The largest absolute Gasteiger partial charge is 0.383 e. The number of aliphatic hydroxyl groups excluding tert-OH is 1. The molecule has 0 saturated carbocycles. The third-order valence-electron chi connectivity index (χ3n) is 3.26. The maximum atomic E-state index is 13.6. The highest BCUT2D eigenvalue weighted by molar-refractivity contribution is 5.93. The first kappa shape index (κ1) is 6.64. The van der Waals surface area contributed by atoms with Gasteiger partial charge in [-0.15, -0.1) is 0 Å². The molecule has 0 saturated heterocycles. The molecule has 1 aromatic rings. The molecule has 3 amide bonds. The standard InChI is InChI=1S/C19H27N3O4/c1-11(2)16(23)18(25)20-12(3)17(24)21-15-14-8-6-5-7-13(14)9-10-22(4)19(15)26/h5-8,11-12,15-16,23H,9-10H2,1-4H3,(H,20,25)(H,21,24)/t12-,15-,16-/m0/s1/i1D3,2D3,4D3,5D,6D,7D,8D,10D2,11D,12D,15D. The van der Waals surface area contributed by atoms with Crippen molar-refractivity contribution in [2.75, 3.05) is 13.5 Å². The Kier molecular flexibility index (Phi) is 2.12. The monoisotopic (exact) mass is 379 g/mol. The van der Waals surface area contributed by atoms with E-state index >= 15 is 0 Å². The molecule has 1 heterocycles. The van der Waals surface area contributed by atoms with Crippen LogP contribution in [0.3, 0.4) is 0 Å². The number of nitrogens with zero attached hydrogens (tertiary/aromatic N) is 1. The van der Waals surface area contributed by atoms with Gasteiger partial charge < -0.3 is 20.6 Å². The number of fused-ring (bicyclic) bond motifs is 1. The van der Waals surface area contributed by atoms with E-state index in [1.165, 1.54) is 5.32 Å². The van der Waals surface area contributed by atoms with Crippen LogP contribution in [0.2, 0.25) is 0 Å². The minimum absolute atomic E-state index is 0.440. The number of nitrogens with one attached hydrogen (secondary N) is 2. The fraction of sp³-hybridized carbons (Fsp3) is 0.526. The van der Waals surface area contributed by atoms with Crippen LogP contribution < -0.4 is 10.6 Å². The van der Waals surface area contributed by atoms with E-state index in [1.807, 2.05) is 0 Å². The molecule has 26 heavy (non-hydrogen) atoms. The van der Waals surface area contributed by atoms with E-state index in [1.54, 1.807) is 5.32 Å². The van der Waals surface area contributed by atoms with Crippen molar-refractivity contribution in [2.24, 2.45) is 5.89 Å². The van der Waals surface area contributed by atoms with E-state index in [-0.39, 0.29) is 0 Å². The molecule has 0 unspecified atom stereocenters. The maximum Gasteiger partial charge on any atom is 0.249 e.